The normalized spacial score (nSPS) is 27.4. The lowest BCUT2D eigenvalue weighted by molar-refractivity contribution is 0.0830. The highest BCUT2D eigenvalue weighted by atomic mass is 32.1. The fourth-order valence-electron chi connectivity index (χ4n) is 2.20. The lowest BCUT2D eigenvalue weighted by Crippen LogP contribution is -2.36. The third-order valence-corrected chi connectivity index (χ3v) is 3.86. The fourth-order valence-corrected chi connectivity index (χ4v) is 2.97. The second-order valence-electron chi connectivity index (χ2n) is 4.06. The molecule has 2 nitrogen and oxygen atoms in total. The molecule has 0 unspecified atom stereocenters. The van der Waals surface area contributed by atoms with E-state index in [1.807, 2.05) is 0 Å². The summed E-state index contributed by atoms with van der Waals surface area (Å²) in [7, 11) is 2.11. The first-order valence-corrected chi connectivity index (χ1v) is 6.06. The largest absolute Gasteiger partial charge is 0.391 e. The standard InChI is InChI=1S/C11H17NOS/c1-12(8-9-4-3-7-14-9)10-5-2-6-11(10)13/h3-4,7,10-11,13H,2,5-6,8H2,1H3/t10-,11-/m0/s1. The molecule has 2 rings (SSSR count). The number of aliphatic hydroxyl groups excluding tert-OH is 1. The van der Waals surface area contributed by atoms with Gasteiger partial charge in [0.2, 0.25) is 0 Å². The van der Waals surface area contributed by atoms with Crippen LogP contribution < -0.4 is 0 Å². The Balaban J connectivity index is 1.92. The summed E-state index contributed by atoms with van der Waals surface area (Å²) in [4.78, 5) is 3.66. The molecule has 0 radical (unpaired) electrons. The number of thiophene rings is 1. The smallest absolute Gasteiger partial charge is 0.0695 e. The molecule has 0 spiro atoms. The number of hydrogen-bond donors (Lipinski definition) is 1. The topological polar surface area (TPSA) is 23.5 Å². The molecule has 1 N–H and O–H groups in total. The molecule has 2 atom stereocenters. The van der Waals surface area contributed by atoms with Gasteiger partial charge in [-0.2, -0.15) is 0 Å². The van der Waals surface area contributed by atoms with Gasteiger partial charge in [-0.3, -0.25) is 4.90 Å². The van der Waals surface area contributed by atoms with Gasteiger partial charge in [-0.1, -0.05) is 6.07 Å². The molecule has 1 heterocycles. The quantitative estimate of drug-likeness (QED) is 0.827. The minimum absolute atomic E-state index is 0.111. The van der Waals surface area contributed by atoms with Crippen LogP contribution in [0.4, 0.5) is 0 Å². The van der Waals surface area contributed by atoms with Gasteiger partial charge in [-0.25, -0.2) is 0 Å². The first-order chi connectivity index (χ1) is 6.77. The molecule has 0 bridgehead atoms. The van der Waals surface area contributed by atoms with Crippen molar-refractivity contribution in [2.24, 2.45) is 0 Å². The zero-order chi connectivity index (χ0) is 9.97. The monoisotopic (exact) mass is 211 g/mol. The second kappa shape index (κ2) is 4.43. The van der Waals surface area contributed by atoms with E-state index in [-0.39, 0.29) is 6.10 Å². The lowest BCUT2D eigenvalue weighted by Gasteiger charge is -2.26. The number of nitrogens with zero attached hydrogens (tertiary/aromatic N) is 1. The SMILES string of the molecule is CN(Cc1cccs1)[C@H]1CCC[C@@H]1O. The Morgan fingerprint density at radius 3 is 3.00 bits per heavy atom. The summed E-state index contributed by atoms with van der Waals surface area (Å²) in [5, 5.41) is 11.9. The van der Waals surface area contributed by atoms with Gasteiger partial charge in [0.25, 0.3) is 0 Å². The average molecular weight is 211 g/mol. The minimum Gasteiger partial charge on any atom is -0.391 e. The van der Waals surface area contributed by atoms with Crippen LogP contribution in [0.25, 0.3) is 0 Å². The summed E-state index contributed by atoms with van der Waals surface area (Å²) in [5.41, 5.74) is 0. The van der Waals surface area contributed by atoms with Gasteiger partial charge in [-0.05, 0) is 37.8 Å². The summed E-state index contributed by atoms with van der Waals surface area (Å²) in [6.07, 6.45) is 3.17. The molecule has 0 aromatic carbocycles. The van der Waals surface area contributed by atoms with E-state index in [1.54, 1.807) is 11.3 Å². The zero-order valence-corrected chi connectivity index (χ0v) is 9.33. The van der Waals surface area contributed by atoms with Gasteiger partial charge in [0, 0.05) is 17.5 Å². The van der Waals surface area contributed by atoms with Crippen molar-refractivity contribution in [3.8, 4) is 0 Å². The van der Waals surface area contributed by atoms with Crippen molar-refractivity contribution in [2.45, 2.75) is 38.0 Å². The summed E-state index contributed by atoms with van der Waals surface area (Å²) in [5.74, 6) is 0. The molecule has 14 heavy (non-hydrogen) atoms. The summed E-state index contributed by atoms with van der Waals surface area (Å²) in [6, 6.07) is 4.61. The fraction of sp³-hybridized carbons (Fsp3) is 0.636. The Labute approximate surface area is 89.2 Å². The van der Waals surface area contributed by atoms with E-state index in [0.717, 1.165) is 19.4 Å². The summed E-state index contributed by atoms with van der Waals surface area (Å²) < 4.78 is 0. The molecule has 1 fully saturated rings. The Bertz CT molecular complexity index is 273. The maximum atomic E-state index is 9.75. The summed E-state index contributed by atoms with van der Waals surface area (Å²) >= 11 is 1.79. The number of rotatable bonds is 3. The predicted octanol–water partition coefficient (Wildman–Crippen LogP) is 2.09. The van der Waals surface area contributed by atoms with Crippen molar-refractivity contribution in [3.05, 3.63) is 22.4 Å². The molecule has 0 aliphatic heterocycles. The Hall–Kier alpha value is -0.380. The molecule has 78 valence electrons. The van der Waals surface area contributed by atoms with Crippen LogP contribution in [0.15, 0.2) is 17.5 Å². The van der Waals surface area contributed by atoms with E-state index in [9.17, 15) is 5.11 Å². The third-order valence-electron chi connectivity index (χ3n) is 3.00. The van der Waals surface area contributed by atoms with Crippen molar-refractivity contribution in [3.63, 3.8) is 0 Å². The molecule has 1 aliphatic carbocycles. The second-order valence-corrected chi connectivity index (χ2v) is 5.09. The van der Waals surface area contributed by atoms with Gasteiger partial charge in [0.05, 0.1) is 6.10 Å². The molecular formula is C11H17NOS. The number of aliphatic hydroxyl groups is 1. The average Bonchev–Trinajstić information content (AvgIpc) is 2.75. The molecule has 0 amide bonds. The first kappa shape index (κ1) is 10.1. The van der Waals surface area contributed by atoms with Crippen LogP contribution in [-0.4, -0.2) is 29.2 Å². The van der Waals surface area contributed by atoms with Crippen molar-refractivity contribution >= 4 is 11.3 Å². The van der Waals surface area contributed by atoms with Crippen LogP contribution >= 0.6 is 11.3 Å². The number of hydrogen-bond acceptors (Lipinski definition) is 3. The predicted molar refractivity (Wildman–Crippen MR) is 59.4 cm³/mol. The van der Waals surface area contributed by atoms with Crippen molar-refractivity contribution in [1.29, 1.82) is 0 Å². The van der Waals surface area contributed by atoms with Crippen LogP contribution in [0.3, 0.4) is 0 Å². The van der Waals surface area contributed by atoms with Gasteiger partial charge in [0.1, 0.15) is 0 Å². The molecule has 1 aromatic heterocycles. The van der Waals surface area contributed by atoms with E-state index in [2.05, 4.69) is 29.5 Å². The molecular weight excluding hydrogens is 194 g/mol. The van der Waals surface area contributed by atoms with Crippen molar-refractivity contribution in [2.75, 3.05) is 7.05 Å². The van der Waals surface area contributed by atoms with Gasteiger partial charge in [0.15, 0.2) is 0 Å². The molecule has 3 heteroatoms. The van der Waals surface area contributed by atoms with Crippen LogP contribution in [-0.2, 0) is 6.54 Å². The molecule has 1 aromatic rings. The Morgan fingerprint density at radius 1 is 1.57 bits per heavy atom. The van der Waals surface area contributed by atoms with Crippen LogP contribution in [0, 0.1) is 0 Å². The highest BCUT2D eigenvalue weighted by Crippen LogP contribution is 2.25. The van der Waals surface area contributed by atoms with E-state index in [0.29, 0.717) is 6.04 Å². The van der Waals surface area contributed by atoms with Crippen LogP contribution in [0.1, 0.15) is 24.1 Å². The molecule has 1 aliphatic rings. The molecule has 1 saturated carbocycles. The van der Waals surface area contributed by atoms with Crippen molar-refractivity contribution < 1.29 is 5.11 Å². The lowest BCUT2D eigenvalue weighted by atomic mass is 10.2. The van der Waals surface area contributed by atoms with E-state index in [1.165, 1.54) is 11.3 Å². The van der Waals surface area contributed by atoms with Crippen molar-refractivity contribution in [1.82, 2.24) is 4.90 Å². The van der Waals surface area contributed by atoms with E-state index in [4.69, 9.17) is 0 Å². The maximum absolute atomic E-state index is 9.75. The first-order valence-electron chi connectivity index (χ1n) is 5.18. The van der Waals surface area contributed by atoms with Gasteiger partial charge in [-0.15, -0.1) is 11.3 Å². The highest BCUT2D eigenvalue weighted by Gasteiger charge is 2.28. The highest BCUT2D eigenvalue weighted by molar-refractivity contribution is 7.09. The van der Waals surface area contributed by atoms with Crippen LogP contribution in [0.5, 0.6) is 0 Å². The molecule has 0 saturated heterocycles. The number of likely N-dealkylation sites (N-methyl/N-ethyl adjacent to an activating group) is 1. The minimum atomic E-state index is -0.111. The Morgan fingerprint density at radius 2 is 2.43 bits per heavy atom. The van der Waals surface area contributed by atoms with E-state index < -0.39 is 0 Å². The zero-order valence-electron chi connectivity index (χ0n) is 8.52. The van der Waals surface area contributed by atoms with Gasteiger partial charge >= 0.3 is 0 Å². The van der Waals surface area contributed by atoms with Crippen LogP contribution in [0.2, 0.25) is 0 Å². The maximum Gasteiger partial charge on any atom is 0.0695 e. The van der Waals surface area contributed by atoms with E-state index >= 15 is 0 Å². The summed E-state index contributed by atoms with van der Waals surface area (Å²) in [6.45, 7) is 0.972. The third kappa shape index (κ3) is 2.16. The Kier molecular flexibility index (Phi) is 3.21. The van der Waals surface area contributed by atoms with Gasteiger partial charge < -0.3 is 5.11 Å².